The summed E-state index contributed by atoms with van der Waals surface area (Å²) in [5, 5.41) is 0. The molecule has 17 heavy (non-hydrogen) atoms. The molecule has 0 amide bonds. The number of halogens is 1. The van der Waals surface area contributed by atoms with Gasteiger partial charge in [0.15, 0.2) is 0 Å². The molecule has 2 aromatic rings. The largest absolute Gasteiger partial charge is 0.312 e. The Morgan fingerprint density at radius 3 is 2.71 bits per heavy atom. The first kappa shape index (κ1) is 12.0. The van der Waals surface area contributed by atoms with Gasteiger partial charge in [0.1, 0.15) is 4.60 Å². The van der Waals surface area contributed by atoms with Gasteiger partial charge in [-0.3, -0.25) is 9.78 Å². The van der Waals surface area contributed by atoms with E-state index in [0.717, 1.165) is 11.3 Å². The first-order chi connectivity index (χ1) is 8.08. The second kappa shape index (κ2) is 4.79. The van der Waals surface area contributed by atoms with E-state index in [0.29, 0.717) is 4.60 Å². The topological polar surface area (TPSA) is 47.8 Å². The van der Waals surface area contributed by atoms with E-state index in [9.17, 15) is 4.79 Å². The van der Waals surface area contributed by atoms with Gasteiger partial charge < -0.3 is 4.57 Å². The van der Waals surface area contributed by atoms with Gasteiger partial charge in [0.25, 0.3) is 5.56 Å². The molecule has 2 rings (SSSR count). The summed E-state index contributed by atoms with van der Waals surface area (Å²) < 4.78 is 2.36. The molecule has 0 aliphatic rings. The van der Waals surface area contributed by atoms with Gasteiger partial charge in [-0.1, -0.05) is 0 Å². The van der Waals surface area contributed by atoms with E-state index in [1.165, 1.54) is 0 Å². The zero-order valence-electron chi connectivity index (χ0n) is 9.59. The number of nitrogens with zero attached hydrogens (tertiary/aromatic N) is 3. The van der Waals surface area contributed by atoms with Gasteiger partial charge in [0.2, 0.25) is 0 Å². The first-order valence-corrected chi connectivity index (χ1v) is 6.07. The Hall–Kier alpha value is -1.49. The Morgan fingerprint density at radius 1 is 1.29 bits per heavy atom. The maximum absolute atomic E-state index is 11.6. The van der Waals surface area contributed by atoms with E-state index in [4.69, 9.17) is 0 Å². The minimum atomic E-state index is -0.00768. The standard InChI is InChI=1S/C12H12BrN3O/c1-8(2)16-7-9(3-4-12(16)17)10-5-14-6-11(13)15-10/h3-8H,1-2H3. The number of hydrogen-bond acceptors (Lipinski definition) is 3. The molecular formula is C12H12BrN3O. The highest BCUT2D eigenvalue weighted by Gasteiger charge is 2.05. The predicted molar refractivity (Wildman–Crippen MR) is 69.8 cm³/mol. The lowest BCUT2D eigenvalue weighted by molar-refractivity contribution is 0.579. The summed E-state index contributed by atoms with van der Waals surface area (Å²) >= 11 is 3.28. The average Bonchev–Trinajstić information content (AvgIpc) is 2.29. The van der Waals surface area contributed by atoms with Gasteiger partial charge in [-0.05, 0) is 35.8 Å². The van der Waals surface area contributed by atoms with Crippen molar-refractivity contribution in [2.24, 2.45) is 0 Å². The highest BCUT2D eigenvalue weighted by Crippen LogP contribution is 2.17. The van der Waals surface area contributed by atoms with Crippen molar-refractivity contribution >= 4 is 15.9 Å². The molecule has 4 nitrogen and oxygen atoms in total. The third-order valence-electron chi connectivity index (χ3n) is 2.40. The molecule has 0 aliphatic carbocycles. The van der Waals surface area contributed by atoms with Crippen LogP contribution in [-0.4, -0.2) is 14.5 Å². The lowest BCUT2D eigenvalue weighted by atomic mass is 10.2. The molecule has 2 aromatic heterocycles. The summed E-state index contributed by atoms with van der Waals surface area (Å²) in [6.07, 6.45) is 5.11. The van der Waals surface area contributed by atoms with E-state index in [1.807, 2.05) is 20.0 Å². The van der Waals surface area contributed by atoms with E-state index in [1.54, 1.807) is 29.1 Å². The maximum atomic E-state index is 11.6. The molecule has 0 aromatic carbocycles. The Bertz CT molecular complexity index is 592. The smallest absolute Gasteiger partial charge is 0.250 e. The minimum absolute atomic E-state index is 0.00768. The van der Waals surface area contributed by atoms with Gasteiger partial charge in [0, 0.05) is 23.9 Å². The van der Waals surface area contributed by atoms with Crippen molar-refractivity contribution in [3.05, 3.63) is 45.7 Å². The van der Waals surface area contributed by atoms with Crippen LogP contribution >= 0.6 is 15.9 Å². The fraction of sp³-hybridized carbons (Fsp3) is 0.250. The number of hydrogen-bond donors (Lipinski definition) is 0. The third-order valence-corrected chi connectivity index (χ3v) is 2.78. The molecule has 0 radical (unpaired) electrons. The van der Waals surface area contributed by atoms with Gasteiger partial charge in [0.05, 0.1) is 18.1 Å². The number of rotatable bonds is 2. The molecule has 0 unspecified atom stereocenters. The first-order valence-electron chi connectivity index (χ1n) is 5.28. The molecular weight excluding hydrogens is 282 g/mol. The zero-order valence-corrected chi connectivity index (χ0v) is 11.2. The van der Waals surface area contributed by atoms with Crippen LogP contribution in [0.5, 0.6) is 0 Å². The van der Waals surface area contributed by atoms with Crippen LogP contribution in [0.25, 0.3) is 11.3 Å². The summed E-state index contributed by atoms with van der Waals surface area (Å²) in [4.78, 5) is 20.0. The lowest BCUT2D eigenvalue weighted by Gasteiger charge is -2.11. The summed E-state index contributed by atoms with van der Waals surface area (Å²) in [7, 11) is 0. The van der Waals surface area contributed by atoms with E-state index in [2.05, 4.69) is 25.9 Å². The van der Waals surface area contributed by atoms with Crippen LogP contribution in [0.3, 0.4) is 0 Å². The summed E-state index contributed by atoms with van der Waals surface area (Å²) in [6, 6.07) is 3.44. The second-order valence-corrected chi connectivity index (χ2v) is 4.80. The van der Waals surface area contributed by atoms with Crippen molar-refractivity contribution in [3.8, 4) is 11.3 Å². The Balaban J connectivity index is 2.54. The summed E-state index contributed by atoms with van der Waals surface area (Å²) in [5.41, 5.74) is 1.62. The molecule has 0 bridgehead atoms. The van der Waals surface area contributed by atoms with Crippen LogP contribution < -0.4 is 5.56 Å². The van der Waals surface area contributed by atoms with Crippen molar-refractivity contribution in [1.82, 2.24) is 14.5 Å². The molecule has 0 aliphatic heterocycles. The molecule has 0 fully saturated rings. The maximum Gasteiger partial charge on any atom is 0.250 e. The average molecular weight is 294 g/mol. The van der Waals surface area contributed by atoms with E-state index in [-0.39, 0.29) is 11.6 Å². The normalized spacial score (nSPS) is 10.8. The molecule has 88 valence electrons. The Morgan fingerprint density at radius 2 is 2.06 bits per heavy atom. The van der Waals surface area contributed by atoms with Gasteiger partial charge in [-0.15, -0.1) is 0 Å². The predicted octanol–water partition coefficient (Wildman–Crippen LogP) is 2.65. The summed E-state index contributed by atoms with van der Waals surface area (Å²) in [5.74, 6) is 0. The third kappa shape index (κ3) is 2.61. The molecule has 0 saturated heterocycles. The lowest BCUT2D eigenvalue weighted by Crippen LogP contribution is -2.20. The molecule has 0 N–H and O–H groups in total. The van der Waals surface area contributed by atoms with Crippen LogP contribution in [0.15, 0.2) is 40.1 Å². The van der Waals surface area contributed by atoms with Crippen molar-refractivity contribution in [2.45, 2.75) is 19.9 Å². The Kier molecular flexibility index (Phi) is 3.38. The van der Waals surface area contributed by atoms with Crippen LogP contribution in [0.2, 0.25) is 0 Å². The van der Waals surface area contributed by atoms with Crippen LogP contribution in [-0.2, 0) is 0 Å². The fourth-order valence-corrected chi connectivity index (χ4v) is 1.85. The minimum Gasteiger partial charge on any atom is -0.312 e. The SMILES string of the molecule is CC(C)n1cc(-c2cncc(Br)n2)ccc1=O. The van der Waals surface area contributed by atoms with Gasteiger partial charge in [-0.2, -0.15) is 0 Å². The molecule has 0 atom stereocenters. The van der Waals surface area contributed by atoms with Crippen molar-refractivity contribution in [1.29, 1.82) is 0 Å². The molecule has 0 spiro atoms. The molecule has 2 heterocycles. The number of pyridine rings is 1. The van der Waals surface area contributed by atoms with E-state index < -0.39 is 0 Å². The van der Waals surface area contributed by atoms with Gasteiger partial charge in [-0.25, -0.2) is 4.98 Å². The molecule has 0 saturated carbocycles. The van der Waals surface area contributed by atoms with Crippen LogP contribution in [0.1, 0.15) is 19.9 Å². The fourth-order valence-electron chi connectivity index (χ4n) is 1.54. The second-order valence-electron chi connectivity index (χ2n) is 3.98. The monoisotopic (exact) mass is 293 g/mol. The highest BCUT2D eigenvalue weighted by molar-refractivity contribution is 9.10. The van der Waals surface area contributed by atoms with Crippen molar-refractivity contribution < 1.29 is 0 Å². The quantitative estimate of drug-likeness (QED) is 0.855. The van der Waals surface area contributed by atoms with Crippen LogP contribution in [0, 0.1) is 0 Å². The number of aromatic nitrogens is 3. The van der Waals surface area contributed by atoms with E-state index >= 15 is 0 Å². The van der Waals surface area contributed by atoms with Crippen molar-refractivity contribution in [3.63, 3.8) is 0 Å². The highest BCUT2D eigenvalue weighted by atomic mass is 79.9. The molecule has 5 heteroatoms. The zero-order chi connectivity index (χ0) is 12.4. The Labute approximate surface area is 107 Å². The van der Waals surface area contributed by atoms with Crippen LogP contribution in [0.4, 0.5) is 0 Å². The van der Waals surface area contributed by atoms with Crippen molar-refractivity contribution in [2.75, 3.05) is 0 Å². The van der Waals surface area contributed by atoms with Gasteiger partial charge >= 0.3 is 0 Å². The summed E-state index contributed by atoms with van der Waals surface area (Å²) in [6.45, 7) is 3.94.